The number of rotatable bonds is 2. The van der Waals surface area contributed by atoms with Gasteiger partial charge < -0.3 is 11.5 Å². The van der Waals surface area contributed by atoms with Crippen molar-refractivity contribution in [1.82, 2.24) is 10.4 Å². The van der Waals surface area contributed by atoms with Crippen molar-refractivity contribution in [3.63, 3.8) is 0 Å². The summed E-state index contributed by atoms with van der Waals surface area (Å²) in [5.74, 6) is 0. The zero-order valence-electron chi connectivity index (χ0n) is 6.77. The molecule has 0 unspecified atom stereocenters. The van der Waals surface area contributed by atoms with Gasteiger partial charge in [-0.3, -0.25) is 10.4 Å². The largest absolute Gasteiger partial charge is 0.397 e. The summed E-state index contributed by atoms with van der Waals surface area (Å²) in [4.78, 5) is 3.98. The molecule has 5 nitrogen and oxygen atoms in total. The van der Waals surface area contributed by atoms with Crippen molar-refractivity contribution in [3.05, 3.63) is 24.0 Å². The normalized spacial score (nSPS) is 10.2. The van der Waals surface area contributed by atoms with E-state index in [1.165, 1.54) is 6.21 Å². The lowest BCUT2D eigenvalue weighted by atomic mass is 10.3. The van der Waals surface area contributed by atoms with Gasteiger partial charge in [-0.15, -0.1) is 0 Å². The van der Waals surface area contributed by atoms with E-state index < -0.39 is 0 Å². The van der Waals surface area contributed by atoms with Gasteiger partial charge in [-0.05, 0) is 24.4 Å². The molecule has 0 saturated heterocycles. The molecular weight excluding hydrogens is 186 g/mol. The fourth-order valence-electron chi connectivity index (χ4n) is 0.695. The highest BCUT2D eigenvalue weighted by molar-refractivity contribution is 7.80. The van der Waals surface area contributed by atoms with Crippen LogP contribution in [0.4, 0.5) is 5.69 Å². The fraction of sp³-hybridized carbons (Fsp3) is 0. The van der Waals surface area contributed by atoms with Gasteiger partial charge in [0, 0.05) is 6.20 Å². The van der Waals surface area contributed by atoms with E-state index in [2.05, 4.69) is 27.7 Å². The lowest BCUT2D eigenvalue weighted by Crippen LogP contribution is -2.24. The van der Waals surface area contributed by atoms with Crippen LogP contribution < -0.4 is 16.9 Å². The maximum Gasteiger partial charge on any atom is 0.184 e. The van der Waals surface area contributed by atoms with Crippen LogP contribution in [0, 0.1) is 0 Å². The predicted molar refractivity (Wildman–Crippen MR) is 56.2 cm³/mol. The number of hydrogen-bond acceptors (Lipinski definition) is 4. The van der Waals surface area contributed by atoms with Crippen LogP contribution in [0.1, 0.15) is 5.69 Å². The number of thiocarbonyl (C=S) groups is 1. The third kappa shape index (κ3) is 3.04. The Hall–Kier alpha value is -1.69. The first-order valence-corrected chi connectivity index (χ1v) is 3.90. The topological polar surface area (TPSA) is 89.3 Å². The van der Waals surface area contributed by atoms with Crippen molar-refractivity contribution < 1.29 is 0 Å². The lowest BCUT2D eigenvalue weighted by Gasteiger charge is -1.97. The lowest BCUT2D eigenvalue weighted by molar-refractivity contribution is 1.04. The van der Waals surface area contributed by atoms with E-state index in [0.717, 1.165) is 0 Å². The second-order valence-electron chi connectivity index (χ2n) is 2.21. The van der Waals surface area contributed by atoms with Crippen molar-refractivity contribution in [2.75, 3.05) is 5.73 Å². The van der Waals surface area contributed by atoms with Gasteiger partial charge in [-0.2, -0.15) is 5.10 Å². The van der Waals surface area contributed by atoms with Crippen LogP contribution in [0.5, 0.6) is 0 Å². The first kappa shape index (κ1) is 9.40. The number of hydrogen-bond donors (Lipinski definition) is 3. The SMILES string of the molecule is NC(=S)N/N=C\c1ncccc1N. The Morgan fingerprint density at radius 3 is 3.08 bits per heavy atom. The van der Waals surface area contributed by atoms with Crippen molar-refractivity contribution in [2.45, 2.75) is 0 Å². The standard InChI is InChI=1S/C7H9N5S/c8-5-2-1-3-10-6(5)4-11-12-7(9)13/h1-4H,8H2,(H3,9,12,13)/b11-4-. The summed E-state index contributed by atoms with van der Waals surface area (Å²) in [6, 6.07) is 3.47. The van der Waals surface area contributed by atoms with E-state index >= 15 is 0 Å². The third-order valence-electron chi connectivity index (χ3n) is 1.23. The molecule has 5 N–H and O–H groups in total. The summed E-state index contributed by atoms with van der Waals surface area (Å²) in [7, 11) is 0. The summed E-state index contributed by atoms with van der Waals surface area (Å²) >= 11 is 4.55. The minimum absolute atomic E-state index is 0.103. The Balaban J connectivity index is 2.68. The van der Waals surface area contributed by atoms with Gasteiger partial charge >= 0.3 is 0 Å². The summed E-state index contributed by atoms with van der Waals surface area (Å²) in [5.41, 5.74) is 14.3. The maximum absolute atomic E-state index is 5.59. The second-order valence-corrected chi connectivity index (χ2v) is 2.65. The molecule has 0 saturated carbocycles. The first-order valence-electron chi connectivity index (χ1n) is 3.49. The molecule has 13 heavy (non-hydrogen) atoms. The molecule has 0 fully saturated rings. The summed E-state index contributed by atoms with van der Waals surface area (Å²) in [6.07, 6.45) is 3.08. The Morgan fingerprint density at radius 2 is 2.46 bits per heavy atom. The van der Waals surface area contributed by atoms with E-state index in [1.807, 2.05) is 0 Å². The van der Waals surface area contributed by atoms with Crippen LogP contribution in [0.3, 0.4) is 0 Å². The fourth-order valence-corrected chi connectivity index (χ4v) is 0.748. The molecule has 0 amide bonds. The van der Waals surface area contributed by atoms with Gasteiger partial charge in [0.05, 0.1) is 11.9 Å². The van der Waals surface area contributed by atoms with Crippen molar-refractivity contribution >= 4 is 29.2 Å². The molecule has 1 rings (SSSR count). The highest BCUT2D eigenvalue weighted by atomic mass is 32.1. The summed E-state index contributed by atoms with van der Waals surface area (Å²) < 4.78 is 0. The number of nitrogens with zero attached hydrogens (tertiary/aromatic N) is 2. The van der Waals surface area contributed by atoms with E-state index in [9.17, 15) is 0 Å². The number of anilines is 1. The number of pyridine rings is 1. The van der Waals surface area contributed by atoms with Gasteiger partial charge in [0.15, 0.2) is 5.11 Å². The molecule has 6 heteroatoms. The van der Waals surface area contributed by atoms with E-state index in [1.54, 1.807) is 18.3 Å². The molecule has 0 aromatic carbocycles. The first-order chi connectivity index (χ1) is 6.20. The van der Waals surface area contributed by atoms with Crippen molar-refractivity contribution in [1.29, 1.82) is 0 Å². The summed E-state index contributed by atoms with van der Waals surface area (Å²) in [5, 5.41) is 3.82. The maximum atomic E-state index is 5.59. The molecule has 0 bridgehead atoms. The Morgan fingerprint density at radius 1 is 1.69 bits per heavy atom. The number of hydrazone groups is 1. The second kappa shape index (κ2) is 4.36. The Kier molecular flexibility index (Phi) is 3.15. The highest BCUT2D eigenvalue weighted by Crippen LogP contribution is 2.02. The van der Waals surface area contributed by atoms with Crippen LogP contribution in [0.2, 0.25) is 0 Å². The minimum Gasteiger partial charge on any atom is -0.397 e. The van der Waals surface area contributed by atoms with Gasteiger partial charge in [-0.25, -0.2) is 0 Å². The van der Waals surface area contributed by atoms with Crippen LogP contribution in [-0.4, -0.2) is 16.3 Å². The van der Waals surface area contributed by atoms with E-state index in [0.29, 0.717) is 11.4 Å². The molecule has 0 aliphatic carbocycles. The van der Waals surface area contributed by atoms with Crippen LogP contribution >= 0.6 is 12.2 Å². The minimum atomic E-state index is 0.103. The number of nitrogen functional groups attached to an aromatic ring is 1. The molecule has 68 valence electrons. The Bertz CT molecular complexity index is 335. The molecule has 0 radical (unpaired) electrons. The Labute approximate surface area is 80.8 Å². The zero-order chi connectivity index (χ0) is 9.68. The van der Waals surface area contributed by atoms with Crippen LogP contribution in [-0.2, 0) is 0 Å². The van der Waals surface area contributed by atoms with E-state index in [4.69, 9.17) is 11.5 Å². The number of nitrogens with two attached hydrogens (primary N) is 2. The molecule has 1 aromatic heterocycles. The number of aromatic nitrogens is 1. The van der Waals surface area contributed by atoms with Crippen LogP contribution in [0.25, 0.3) is 0 Å². The average Bonchev–Trinajstić information content (AvgIpc) is 2.08. The molecule has 0 atom stereocenters. The molecule has 1 aromatic rings. The monoisotopic (exact) mass is 195 g/mol. The molecular formula is C7H9N5S. The molecule has 0 spiro atoms. The van der Waals surface area contributed by atoms with Crippen molar-refractivity contribution in [3.8, 4) is 0 Å². The highest BCUT2D eigenvalue weighted by Gasteiger charge is 1.93. The van der Waals surface area contributed by atoms with E-state index in [-0.39, 0.29) is 5.11 Å². The summed E-state index contributed by atoms with van der Waals surface area (Å²) in [6.45, 7) is 0. The smallest absolute Gasteiger partial charge is 0.184 e. The third-order valence-corrected chi connectivity index (χ3v) is 1.32. The van der Waals surface area contributed by atoms with Gasteiger partial charge in [0.1, 0.15) is 5.69 Å². The van der Waals surface area contributed by atoms with Crippen LogP contribution in [0.15, 0.2) is 23.4 Å². The molecule has 1 heterocycles. The predicted octanol–water partition coefficient (Wildman–Crippen LogP) is -0.169. The molecule has 0 aliphatic rings. The quantitative estimate of drug-likeness (QED) is 0.346. The van der Waals surface area contributed by atoms with Gasteiger partial charge in [0.25, 0.3) is 0 Å². The number of nitrogens with one attached hydrogen (secondary N) is 1. The van der Waals surface area contributed by atoms with Crippen molar-refractivity contribution in [2.24, 2.45) is 10.8 Å². The average molecular weight is 195 g/mol. The molecule has 0 aliphatic heterocycles. The zero-order valence-corrected chi connectivity index (χ0v) is 7.58. The van der Waals surface area contributed by atoms with Gasteiger partial charge in [-0.1, -0.05) is 0 Å². The van der Waals surface area contributed by atoms with Gasteiger partial charge in [0.2, 0.25) is 0 Å².